The van der Waals surface area contributed by atoms with Gasteiger partial charge in [0.25, 0.3) is 5.91 Å². The molecular weight excluding hydrogens is 380 g/mol. The van der Waals surface area contributed by atoms with E-state index in [0.717, 1.165) is 29.5 Å². The summed E-state index contributed by atoms with van der Waals surface area (Å²) in [7, 11) is 1.73. The second-order valence-electron chi connectivity index (χ2n) is 7.54. The molecule has 0 saturated carbocycles. The normalized spacial score (nSPS) is 16.3. The summed E-state index contributed by atoms with van der Waals surface area (Å²) in [4.78, 5) is 37.9. The van der Waals surface area contributed by atoms with Gasteiger partial charge in [0.1, 0.15) is 6.04 Å². The van der Waals surface area contributed by atoms with E-state index in [1.807, 2.05) is 36.4 Å². The maximum Gasteiger partial charge on any atom is 0.251 e. The van der Waals surface area contributed by atoms with Crippen LogP contribution in [0.1, 0.15) is 35.2 Å². The lowest BCUT2D eigenvalue weighted by molar-refractivity contribution is -0.128. The number of nitrogens with zero attached hydrogens (tertiary/aromatic N) is 1. The Labute approximate surface area is 176 Å². The fourth-order valence-corrected chi connectivity index (χ4v) is 3.50. The molecule has 2 aromatic carbocycles. The van der Waals surface area contributed by atoms with Crippen molar-refractivity contribution in [2.24, 2.45) is 5.73 Å². The van der Waals surface area contributed by atoms with Gasteiger partial charge < -0.3 is 21.3 Å². The lowest BCUT2D eigenvalue weighted by Crippen LogP contribution is -2.45. The topological polar surface area (TPSA) is 105 Å². The number of carbonyl (C=O) groups is 3. The molecule has 1 heterocycles. The van der Waals surface area contributed by atoms with Crippen LogP contribution >= 0.6 is 0 Å². The van der Waals surface area contributed by atoms with Crippen molar-refractivity contribution in [3.63, 3.8) is 0 Å². The van der Waals surface area contributed by atoms with E-state index in [2.05, 4.69) is 10.6 Å². The van der Waals surface area contributed by atoms with Crippen LogP contribution in [-0.2, 0) is 16.1 Å². The fourth-order valence-electron chi connectivity index (χ4n) is 3.50. The Hall–Kier alpha value is -3.19. The third-order valence-corrected chi connectivity index (χ3v) is 5.27. The van der Waals surface area contributed by atoms with Crippen molar-refractivity contribution < 1.29 is 14.4 Å². The molecule has 1 fully saturated rings. The minimum absolute atomic E-state index is 0.0117. The standard InChI is InChI=1S/C23H28N4O3/c1-27(21(28)14-24)15-16-5-4-6-19(13-16)17-8-10-18(11-9-17)22(29)26-20-7-2-3-12-25-23(20)30/h4-6,8-11,13,20H,2-3,7,12,14-15,24H2,1H3,(H,25,30)(H,26,29). The summed E-state index contributed by atoms with van der Waals surface area (Å²) in [6.07, 6.45) is 2.50. The van der Waals surface area contributed by atoms with Gasteiger partial charge in [-0.2, -0.15) is 0 Å². The van der Waals surface area contributed by atoms with Crippen molar-refractivity contribution in [1.82, 2.24) is 15.5 Å². The van der Waals surface area contributed by atoms with Crippen LogP contribution in [0.15, 0.2) is 48.5 Å². The number of rotatable bonds is 6. The van der Waals surface area contributed by atoms with E-state index in [9.17, 15) is 14.4 Å². The second-order valence-corrected chi connectivity index (χ2v) is 7.54. The number of hydrogen-bond acceptors (Lipinski definition) is 4. The zero-order chi connectivity index (χ0) is 21.5. The first-order chi connectivity index (χ1) is 14.5. The Morgan fingerprint density at radius 2 is 1.90 bits per heavy atom. The van der Waals surface area contributed by atoms with Crippen LogP contribution in [0.4, 0.5) is 0 Å². The Bertz CT molecular complexity index is 911. The fraction of sp³-hybridized carbons (Fsp3) is 0.348. The van der Waals surface area contributed by atoms with Crippen LogP contribution in [0.3, 0.4) is 0 Å². The minimum atomic E-state index is -0.482. The first kappa shape index (κ1) is 21.5. The molecule has 1 saturated heterocycles. The summed E-state index contributed by atoms with van der Waals surface area (Å²) < 4.78 is 0. The van der Waals surface area contributed by atoms with Crippen LogP contribution < -0.4 is 16.4 Å². The van der Waals surface area contributed by atoms with Crippen molar-refractivity contribution in [2.75, 3.05) is 20.1 Å². The third-order valence-electron chi connectivity index (χ3n) is 5.27. The van der Waals surface area contributed by atoms with Gasteiger partial charge in [-0.25, -0.2) is 0 Å². The van der Waals surface area contributed by atoms with Crippen LogP contribution in [-0.4, -0.2) is 48.8 Å². The molecule has 0 aliphatic carbocycles. The Balaban J connectivity index is 1.68. The quantitative estimate of drug-likeness (QED) is 0.676. The highest BCUT2D eigenvalue weighted by molar-refractivity contribution is 5.98. The van der Waals surface area contributed by atoms with Crippen molar-refractivity contribution in [3.8, 4) is 11.1 Å². The first-order valence-corrected chi connectivity index (χ1v) is 10.2. The second kappa shape index (κ2) is 10.0. The van der Waals surface area contributed by atoms with Gasteiger partial charge in [0, 0.05) is 25.7 Å². The van der Waals surface area contributed by atoms with E-state index in [-0.39, 0.29) is 24.3 Å². The van der Waals surface area contributed by atoms with Gasteiger partial charge in [0.15, 0.2) is 0 Å². The molecule has 0 spiro atoms. The molecule has 30 heavy (non-hydrogen) atoms. The van der Waals surface area contributed by atoms with E-state index >= 15 is 0 Å². The van der Waals surface area contributed by atoms with E-state index in [4.69, 9.17) is 5.73 Å². The molecule has 1 aliphatic rings. The highest BCUT2D eigenvalue weighted by atomic mass is 16.2. The number of carbonyl (C=O) groups excluding carboxylic acids is 3. The van der Waals surface area contributed by atoms with Gasteiger partial charge in [-0.15, -0.1) is 0 Å². The van der Waals surface area contributed by atoms with Gasteiger partial charge in [-0.05, 0) is 54.2 Å². The summed E-state index contributed by atoms with van der Waals surface area (Å²) in [5.41, 5.74) is 8.89. The van der Waals surface area contributed by atoms with Crippen molar-refractivity contribution in [3.05, 3.63) is 59.7 Å². The van der Waals surface area contributed by atoms with Crippen LogP contribution in [0, 0.1) is 0 Å². The van der Waals surface area contributed by atoms with Gasteiger partial charge in [0.05, 0.1) is 6.54 Å². The van der Waals surface area contributed by atoms with Gasteiger partial charge in [0.2, 0.25) is 11.8 Å². The number of likely N-dealkylation sites (N-methyl/N-ethyl adjacent to an activating group) is 1. The number of benzene rings is 2. The SMILES string of the molecule is CN(Cc1cccc(-c2ccc(C(=O)NC3CCCCNC3=O)cc2)c1)C(=O)CN. The molecule has 7 nitrogen and oxygen atoms in total. The van der Waals surface area contributed by atoms with E-state index in [0.29, 0.717) is 25.1 Å². The number of hydrogen-bond donors (Lipinski definition) is 3. The molecule has 158 valence electrons. The number of nitrogens with two attached hydrogens (primary N) is 1. The Morgan fingerprint density at radius 1 is 1.13 bits per heavy atom. The minimum Gasteiger partial charge on any atom is -0.354 e. The molecule has 0 radical (unpaired) electrons. The summed E-state index contributed by atoms with van der Waals surface area (Å²) in [6.45, 7) is 1.13. The van der Waals surface area contributed by atoms with Crippen LogP contribution in [0.5, 0.6) is 0 Å². The van der Waals surface area contributed by atoms with Gasteiger partial charge >= 0.3 is 0 Å². The predicted molar refractivity (Wildman–Crippen MR) is 116 cm³/mol. The number of amides is 3. The summed E-state index contributed by atoms with van der Waals surface area (Å²) in [5, 5.41) is 5.66. The molecule has 1 aliphatic heterocycles. The highest BCUT2D eigenvalue weighted by Crippen LogP contribution is 2.22. The average molecular weight is 409 g/mol. The van der Waals surface area contributed by atoms with E-state index in [1.54, 1.807) is 24.1 Å². The average Bonchev–Trinajstić information content (AvgIpc) is 2.97. The maximum absolute atomic E-state index is 12.5. The van der Waals surface area contributed by atoms with Gasteiger partial charge in [-0.3, -0.25) is 14.4 Å². The van der Waals surface area contributed by atoms with E-state index in [1.165, 1.54) is 0 Å². The zero-order valence-electron chi connectivity index (χ0n) is 17.2. The molecule has 0 bridgehead atoms. The third kappa shape index (κ3) is 5.45. The Kier molecular flexibility index (Phi) is 7.19. The maximum atomic E-state index is 12.5. The van der Waals surface area contributed by atoms with Crippen molar-refractivity contribution in [1.29, 1.82) is 0 Å². The molecule has 4 N–H and O–H groups in total. The summed E-state index contributed by atoms with van der Waals surface area (Å²) in [5.74, 6) is -0.482. The molecular formula is C23H28N4O3. The first-order valence-electron chi connectivity index (χ1n) is 10.2. The molecule has 3 amide bonds. The molecule has 0 aromatic heterocycles. The summed E-state index contributed by atoms with van der Waals surface area (Å²) in [6, 6.07) is 14.7. The highest BCUT2D eigenvalue weighted by Gasteiger charge is 2.22. The lowest BCUT2D eigenvalue weighted by Gasteiger charge is -2.17. The molecule has 7 heteroatoms. The Morgan fingerprint density at radius 3 is 2.63 bits per heavy atom. The summed E-state index contributed by atoms with van der Waals surface area (Å²) >= 11 is 0. The van der Waals surface area contributed by atoms with Gasteiger partial charge in [-0.1, -0.05) is 30.3 Å². The monoisotopic (exact) mass is 408 g/mol. The zero-order valence-corrected chi connectivity index (χ0v) is 17.2. The molecule has 2 aromatic rings. The molecule has 3 rings (SSSR count). The van der Waals surface area contributed by atoms with Crippen LogP contribution in [0.25, 0.3) is 11.1 Å². The van der Waals surface area contributed by atoms with Crippen molar-refractivity contribution in [2.45, 2.75) is 31.8 Å². The molecule has 1 atom stereocenters. The van der Waals surface area contributed by atoms with E-state index < -0.39 is 6.04 Å². The smallest absolute Gasteiger partial charge is 0.251 e. The largest absolute Gasteiger partial charge is 0.354 e. The molecule has 1 unspecified atom stereocenters. The number of nitrogens with one attached hydrogen (secondary N) is 2. The lowest BCUT2D eigenvalue weighted by atomic mass is 10.0. The van der Waals surface area contributed by atoms with Crippen LogP contribution in [0.2, 0.25) is 0 Å². The predicted octanol–water partition coefficient (Wildman–Crippen LogP) is 1.67. The van der Waals surface area contributed by atoms with Crippen molar-refractivity contribution >= 4 is 17.7 Å².